The first-order valence-electron chi connectivity index (χ1n) is 14.3. The molecule has 1 atom stereocenters. The summed E-state index contributed by atoms with van der Waals surface area (Å²) >= 11 is 0. The van der Waals surface area contributed by atoms with Crippen LogP contribution in [0.15, 0.2) is 115 Å². The number of morpholine rings is 1. The van der Waals surface area contributed by atoms with Crippen LogP contribution in [0.1, 0.15) is 45.2 Å². The predicted octanol–water partition coefficient (Wildman–Crippen LogP) is 6.58. The maximum atomic E-state index is 13.6. The van der Waals surface area contributed by atoms with Crippen LogP contribution in [0.5, 0.6) is 0 Å². The number of ether oxygens (including phenoxy) is 1. The number of hydrogen-bond acceptors (Lipinski definition) is 5. The monoisotopic (exact) mass is 548 g/mol. The second-order valence-electron chi connectivity index (χ2n) is 10.5. The quantitative estimate of drug-likeness (QED) is 0.221. The van der Waals surface area contributed by atoms with Crippen molar-refractivity contribution in [3.63, 3.8) is 0 Å². The Labute approximate surface area is 244 Å². The minimum atomic E-state index is -0.540. The molecule has 5 heteroatoms. The molecule has 4 aromatic rings. The molecular weight excluding hydrogens is 508 g/mol. The van der Waals surface area contributed by atoms with E-state index in [4.69, 9.17) is 4.74 Å². The van der Waals surface area contributed by atoms with E-state index in [2.05, 4.69) is 41.0 Å². The standard InChI is InChI=1S/C23H30N2O2.C13H10O/c1-4-23(24(2)3,18-19-8-6-5-7-9-19)22(26)20-10-12-21(13-11-20)25-14-16-27-17-15-25;14-13(11-7-3-1-4-8-11)12-9-5-2-6-10-12/h5-13H,4,14-18H2,1-3H3;1-10H. The molecule has 0 spiro atoms. The van der Waals surface area contributed by atoms with Gasteiger partial charge in [-0.3, -0.25) is 14.5 Å². The molecule has 1 aliphatic heterocycles. The Kier molecular flexibility index (Phi) is 10.6. The Bertz CT molecular complexity index is 1330. The number of benzene rings is 4. The fourth-order valence-electron chi connectivity index (χ4n) is 5.24. The van der Waals surface area contributed by atoms with Crippen molar-refractivity contribution in [2.75, 3.05) is 45.3 Å². The fraction of sp³-hybridized carbons (Fsp3) is 0.278. The van der Waals surface area contributed by atoms with E-state index in [1.165, 1.54) is 5.56 Å². The highest BCUT2D eigenvalue weighted by Crippen LogP contribution is 2.29. The van der Waals surface area contributed by atoms with E-state index in [-0.39, 0.29) is 11.6 Å². The first-order valence-corrected chi connectivity index (χ1v) is 14.3. The second kappa shape index (κ2) is 14.5. The van der Waals surface area contributed by atoms with Gasteiger partial charge in [0, 0.05) is 35.5 Å². The molecule has 41 heavy (non-hydrogen) atoms. The number of Topliss-reactive ketones (excluding diaryl/α,β-unsaturated/α-hetero) is 1. The van der Waals surface area contributed by atoms with Gasteiger partial charge in [-0.15, -0.1) is 0 Å². The molecule has 4 aromatic carbocycles. The van der Waals surface area contributed by atoms with Crippen LogP contribution in [0, 0.1) is 0 Å². The van der Waals surface area contributed by atoms with E-state index >= 15 is 0 Å². The number of carbonyl (C=O) groups excluding carboxylic acids is 2. The number of rotatable bonds is 9. The number of nitrogens with zero attached hydrogens (tertiary/aromatic N) is 2. The number of carbonyl (C=O) groups is 2. The normalized spacial score (nSPS) is 14.5. The molecule has 5 rings (SSSR count). The van der Waals surface area contributed by atoms with Gasteiger partial charge in [0.15, 0.2) is 11.6 Å². The van der Waals surface area contributed by atoms with Gasteiger partial charge in [0.25, 0.3) is 0 Å². The third kappa shape index (κ3) is 7.57. The minimum absolute atomic E-state index is 0.0752. The van der Waals surface area contributed by atoms with Crippen LogP contribution < -0.4 is 4.90 Å². The first-order chi connectivity index (χ1) is 19.9. The number of ketones is 2. The average molecular weight is 549 g/mol. The topological polar surface area (TPSA) is 49.9 Å². The van der Waals surface area contributed by atoms with E-state index in [1.807, 2.05) is 105 Å². The van der Waals surface area contributed by atoms with Crippen molar-refractivity contribution in [2.24, 2.45) is 0 Å². The first kappa shape index (κ1) is 29.9. The van der Waals surface area contributed by atoms with Crippen molar-refractivity contribution in [1.29, 1.82) is 0 Å². The number of anilines is 1. The highest BCUT2D eigenvalue weighted by atomic mass is 16.5. The van der Waals surface area contributed by atoms with Gasteiger partial charge in [-0.25, -0.2) is 0 Å². The zero-order chi connectivity index (χ0) is 29.1. The molecule has 1 aliphatic rings. The van der Waals surface area contributed by atoms with E-state index in [9.17, 15) is 9.59 Å². The van der Waals surface area contributed by atoms with Crippen molar-refractivity contribution in [3.05, 3.63) is 138 Å². The molecular formula is C36H40N2O3. The van der Waals surface area contributed by atoms with Crippen LogP contribution >= 0.6 is 0 Å². The van der Waals surface area contributed by atoms with Crippen LogP contribution in [0.4, 0.5) is 5.69 Å². The fourth-order valence-corrected chi connectivity index (χ4v) is 5.24. The molecule has 1 heterocycles. The summed E-state index contributed by atoms with van der Waals surface area (Å²) in [5.74, 6) is 0.263. The van der Waals surface area contributed by atoms with Gasteiger partial charge in [-0.2, -0.15) is 0 Å². The van der Waals surface area contributed by atoms with Crippen LogP contribution in [0.25, 0.3) is 0 Å². The Hall–Kier alpha value is -4.06. The van der Waals surface area contributed by atoms with Crippen LogP contribution in [-0.2, 0) is 11.2 Å². The molecule has 1 saturated heterocycles. The minimum Gasteiger partial charge on any atom is -0.378 e. The molecule has 0 N–H and O–H groups in total. The summed E-state index contributed by atoms with van der Waals surface area (Å²) in [6.07, 6.45) is 1.47. The number of likely N-dealkylation sites (N-methyl/N-ethyl adjacent to an activating group) is 1. The molecule has 0 aromatic heterocycles. The lowest BCUT2D eigenvalue weighted by molar-refractivity contribution is 0.0666. The van der Waals surface area contributed by atoms with Crippen molar-refractivity contribution in [2.45, 2.75) is 25.3 Å². The second-order valence-corrected chi connectivity index (χ2v) is 10.5. The van der Waals surface area contributed by atoms with Gasteiger partial charge in [-0.1, -0.05) is 97.9 Å². The van der Waals surface area contributed by atoms with Gasteiger partial charge < -0.3 is 9.64 Å². The van der Waals surface area contributed by atoms with E-state index in [0.29, 0.717) is 6.42 Å². The van der Waals surface area contributed by atoms with E-state index in [0.717, 1.165) is 55.1 Å². The summed E-state index contributed by atoms with van der Waals surface area (Å²) in [5.41, 5.74) is 4.05. The molecule has 212 valence electrons. The maximum absolute atomic E-state index is 13.6. The maximum Gasteiger partial charge on any atom is 0.193 e. The van der Waals surface area contributed by atoms with Crippen molar-refractivity contribution < 1.29 is 14.3 Å². The van der Waals surface area contributed by atoms with Gasteiger partial charge in [-0.05, 0) is 56.8 Å². The van der Waals surface area contributed by atoms with Gasteiger partial charge in [0.2, 0.25) is 0 Å². The Balaban J connectivity index is 0.000000231. The molecule has 0 bridgehead atoms. The van der Waals surface area contributed by atoms with Gasteiger partial charge >= 0.3 is 0 Å². The summed E-state index contributed by atoms with van der Waals surface area (Å²) in [7, 11) is 4.01. The largest absolute Gasteiger partial charge is 0.378 e. The molecule has 5 nitrogen and oxygen atoms in total. The predicted molar refractivity (Wildman–Crippen MR) is 167 cm³/mol. The van der Waals surface area contributed by atoms with E-state index in [1.54, 1.807) is 0 Å². The van der Waals surface area contributed by atoms with Crippen molar-refractivity contribution in [3.8, 4) is 0 Å². The average Bonchev–Trinajstić information content (AvgIpc) is 3.05. The molecule has 1 fully saturated rings. The summed E-state index contributed by atoms with van der Waals surface area (Å²) in [5, 5.41) is 0. The zero-order valence-corrected chi connectivity index (χ0v) is 24.3. The lowest BCUT2D eigenvalue weighted by Crippen LogP contribution is -2.52. The molecule has 0 amide bonds. The summed E-state index contributed by atoms with van der Waals surface area (Å²) in [4.78, 5) is 29.8. The molecule has 1 unspecified atom stereocenters. The van der Waals surface area contributed by atoms with Crippen LogP contribution in [-0.4, -0.2) is 62.4 Å². The Morgan fingerprint density at radius 1 is 0.707 bits per heavy atom. The van der Waals surface area contributed by atoms with E-state index < -0.39 is 5.54 Å². The highest BCUT2D eigenvalue weighted by molar-refractivity contribution is 6.08. The lowest BCUT2D eigenvalue weighted by Gasteiger charge is -2.38. The SMILES string of the molecule is CCC(Cc1ccccc1)(C(=O)c1ccc(N2CCOCC2)cc1)N(C)C.O=C(c1ccccc1)c1ccccc1. The number of hydrogen-bond donors (Lipinski definition) is 0. The summed E-state index contributed by atoms with van der Waals surface area (Å²) in [6, 6.07) is 37.0. The van der Waals surface area contributed by atoms with Crippen LogP contribution in [0.3, 0.4) is 0 Å². The van der Waals surface area contributed by atoms with Crippen molar-refractivity contribution >= 4 is 17.3 Å². The summed E-state index contributed by atoms with van der Waals surface area (Å²) in [6.45, 7) is 5.42. The molecule has 0 saturated carbocycles. The molecule has 0 aliphatic carbocycles. The third-order valence-electron chi connectivity index (χ3n) is 7.78. The van der Waals surface area contributed by atoms with Gasteiger partial charge in [0.05, 0.1) is 18.8 Å². The lowest BCUT2D eigenvalue weighted by atomic mass is 9.80. The van der Waals surface area contributed by atoms with Crippen LogP contribution in [0.2, 0.25) is 0 Å². The Morgan fingerprint density at radius 2 is 1.20 bits per heavy atom. The molecule has 0 radical (unpaired) electrons. The smallest absolute Gasteiger partial charge is 0.193 e. The zero-order valence-electron chi connectivity index (χ0n) is 24.3. The third-order valence-corrected chi connectivity index (χ3v) is 7.78. The van der Waals surface area contributed by atoms with Crippen molar-refractivity contribution in [1.82, 2.24) is 4.90 Å². The summed E-state index contributed by atoms with van der Waals surface area (Å²) < 4.78 is 5.42. The van der Waals surface area contributed by atoms with Gasteiger partial charge in [0.1, 0.15) is 0 Å². The Morgan fingerprint density at radius 3 is 1.66 bits per heavy atom. The highest BCUT2D eigenvalue weighted by Gasteiger charge is 2.39.